The van der Waals surface area contributed by atoms with Crippen molar-refractivity contribution in [2.75, 3.05) is 13.1 Å². The van der Waals surface area contributed by atoms with E-state index in [1.807, 2.05) is 25.7 Å². The summed E-state index contributed by atoms with van der Waals surface area (Å²) in [5, 5.41) is 6.67. The summed E-state index contributed by atoms with van der Waals surface area (Å²) in [4.78, 5) is 13.5. The van der Waals surface area contributed by atoms with Gasteiger partial charge in [0.05, 0.1) is 5.82 Å². The van der Waals surface area contributed by atoms with Gasteiger partial charge in [-0.25, -0.2) is 4.79 Å². The summed E-state index contributed by atoms with van der Waals surface area (Å²) in [5.41, 5.74) is 4.87. The molecule has 1 fully saturated rings. The lowest BCUT2D eigenvalue weighted by molar-refractivity contribution is 0.0174. The SMILES string of the molecule is C=C(NCc1ccc(C)cc1)NCc1ccc(CCC(C)C)cc1.CC1CCCN(C(=O)OC(C)(C)C)C1. The van der Waals surface area contributed by atoms with Crippen molar-refractivity contribution in [2.45, 2.75) is 92.8 Å². The van der Waals surface area contributed by atoms with Gasteiger partial charge in [0, 0.05) is 26.2 Å². The topological polar surface area (TPSA) is 53.6 Å². The third-order valence-electron chi connectivity index (χ3n) is 6.47. The quantitative estimate of drug-likeness (QED) is 0.357. The molecule has 0 saturated carbocycles. The lowest BCUT2D eigenvalue weighted by Gasteiger charge is -2.32. The van der Waals surface area contributed by atoms with Gasteiger partial charge in [-0.1, -0.05) is 81.4 Å². The maximum absolute atomic E-state index is 11.7. The van der Waals surface area contributed by atoms with Gasteiger partial charge in [0.2, 0.25) is 0 Å². The van der Waals surface area contributed by atoms with E-state index in [0.29, 0.717) is 5.92 Å². The van der Waals surface area contributed by atoms with E-state index in [2.05, 4.69) is 93.4 Å². The fraction of sp³-hybridized carbons (Fsp3) is 0.545. The predicted octanol–water partition coefficient (Wildman–Crippen LogP) is 7.59. The zero-order chi connectivity index (χ0) is 28.1. The van der Waals surface area contributed by atoms with E-state index >= 15 is 0 Å². The van der Waals surface area contributed by atoms with Gasteiger partial charge in [0.1, 0.15) is 5.60 Å². The van der Waals surface area contributed by atoms with Gasteiger partial charge >= 0.3 is 6.09 Å². The van der Waals surface area contributed by atoms with Gasteiger partial charge in [0.15, 0.2) is 0 Å². The number of carbonyl (C=O) groups excluding carboxylic acids is 1. The van der Waals surface area contributed by atoms with Gasteiger partial charge in [0.25, 0.3) is 0 Å². The fourth-order valence-corrected chi connectivity index (χ4v) is 4.15. The van der Waals surface area contributed by atoms with Gasteiger partial charge in [-0.2, -0.15) is 0 Å². The number of aryl methyl sites for hydroxylation is 2. The Morgan fingerprint density at radius 2 is 1.53 bits per heavy atom. The highest BCUT2D eigenvalue weighted by atomic mass is 16.6. The van der Waals surface area contributed by atoms with E-state index in [1.54, 1.807) is 0 Å². The Balaban J connectivity index is 0.000000308. The molecule has 5 nitrogen and oxygen atoms in total. The first-order valence-corrected chi connectivity index (χ1v) is 14.2. The van der Waals surface area contributed by atoms with E-state index in [4.69, 9.17) is 4.74 Å². The Hall–Kier alpha value is -2.95. The van der Waals surface area contributed by atoms with Crippen LogP contribution in [0.25, 0.3) is 0 Å². The molecule has 1 saturated heterocycles. The first kappa shape index (κ1) is 31.3. The van der Waals surface area contributed by atoms with E-state index in [9.17, 15) is 4.79 Å². The number of ether oxygens (including phenoxy) is 1. The van der Waals surface area contributed by atoms with Crippen molar-refractivity contribution >= 4 is 6.09 Å². The maximum atomic E-state index is 11.7. The lowest BCUT2D eigenvalue weighted by Crippen LogP contribution is -2.42. The van der Waals surface area contributed by atoms with Crippen LogP contribution in [0.5, 0.6) is 0 Å². The van der Waals surface area contributed by atoms with Crippen LogP contribution in [0.15, 0.2) is 60.9 Å². The van der Waals surface area contributed by atoms with Crippen LogP contribution in [0, 0.1) is 18.8 Å². The largest absolute Gasteiger partial charge is 0.444 e. The molecule has 1 aliphatic heterocycles. The van der Waals surface area contributed by atoms with Crippen molar-refractivity contribution in [1.82, 2.24) is 15.5 Å². The van der Waals surface area contributed by atoms with Crippen LogP contribution in [-0.2, 0) is 24.2 Å². The molecule has 5 heteroatoms. The van der Waals surface area contributed by atoms with Crippen molar-refractivity contribution in [2.24, 2.45) is 11.8 Å². The second-order valence-corrected chi connectivity index (χ2v) is 12.1. The zero-order valence-electron chi connectivity index (χ0n) is 24.9. The van der Waals surface area contributed by atoms with Crippen LogP contribution in [0.3, 0.4) is 0 Å². The Labute approximate surface area is 232 Å². The number of likely N-dealkylation sites (tertiary alicyclic amines) is 1. The van der Waals surface area contributed by atoms with E-state index in [-0.39, 0.29) is 11.7 Å². The van der Waals surface area contributed by atoms with Crippen LogP contribution in [0.1, 0.15) is 83.1 Å². The van der Waals surface area contributed by atoms with Crippen LogP contribution in [-0.4, -0.2) is 29.7 Å². The molecular formula is C33H51N3O2. The molecule has 0 aliphatic carbocycles. The standard InChI is InChI=1S/C22H30N2.C11H21NO2/c1-17(2)5-8-20-11-13-22(14-12-20)16-24-19(4)23-15-21-9-6-18(3)7-10-21;1-9-6-5-7-12(8-9)10(13)14-11(2,3)4/h6-7,9-14,17,23-24H,4-5,8,15-16H2,1-3H3;9H,5-8H2,1-4H3. The minimum atomic E-state index is -0.377. The van der Waals surface area contributed by atoms with Gasteiger partial charge in [-0.15, -0.1) is 0 Å². The molecule has 0 bridgehead atoms. The second kappa shape index (κ2) is 15.5. The summed E-state index contributed by atoms with van der Waals surface area (Å²) in [6, 6.07) is 17.4. The Morgan fingerprint density at radius 1 is 1.00 bits per heavy atom. The summed E-state index contributed by atoms with van der Waals surface area (Å²) < 4.78 is 5.31. The number of piperidine rings is 1. The average Bonchev–Trinajstić information content (AvgIpc) is 2.86. The number of hydrogen-bond donors (Lipinski definition) is 2. The van der Waals surface area contributed by atoms with Crippen molar-refractivity contribution in [3.63, 3.8) is 0 Å². The summed E-state index contributed by atoms with van der Waals surface area (Å²) in [7, 11) is 0. The first-order valence-electron chi connectivity index (χ1n) is 14.2. The Kier molecular flexibility index (Phi) is 12.7. The first-order chi connectivity index (χ1) is 17.9. The summed E-state index contributed by atoms with van der Waals surface area (Å²) in [5.74, 6) is 2.23. The highest BCUT2D eigenvalue weighted by Crippen LogP contribution is 2.18. The number of carbonyl (C=O) groups is 1. The van der Waals surface area contributed by atoms with Gasteiger partial charge in [-0.05, 0) is 81.9 Å². The monoisotopic (exact) mass is 521 g/mol. The number of nitrogens with one attached hydrogen (secondary N) is 2. The molecule has 1 unspecified atom stereocenters. The van der Waals surface area contributed by atoms with Crippen molar-refractivity contribution in [3.8, 4) is 0 Å². The molecule has 1 heterocycles. The molecule has 1 aliphatic rings. The van der Waals surface area contributed by atoms with Crippen molar-refractivity contribution in [1.29, 1.82) is 0 Å². The van der Waals surface area contributed by atoms with Crippen molar-refractivity contribution < 1.29 is 9.53 Å². The smallest absolute Gasteiger partial charge is 0.410 e. The third kappa shape index (κ3) is 13.0. The van der Waals surface area contributed by atoms with E-state index in [0.717, 1.165) is 50.8 Å². The molecule has 210 valence electrons. The highest BCUT2D eigenvalue weighted by molar-refractivity contribution is 5.68. The number of nitrogens with zero attached hydrogens (tertiary/aromatic N) is 1. The molecular weight excluding hydrogens is 470 g/mol. The van der Waals surface area contributed by atoms with E-state index in [1.165, 1.54) is 35.1 Å². The van der Waals surface area contributed by atoms with Crippen LogP contribution >= 0.6 is 0 Å². The number of benzene rings is 2. The Bertz CT molecular complexity index is 975. The lowest BCUT2D eigenvalue weighted by atomic mass is 10.0. The Morgan fingerprint density at radius 3 is 2.03 bits per heavy atom. The highest BCUT2D eigenvalue weighted by Gasteiger charge is 2.25. The van der Waals surface area contributed by atoms with Crippen LogP contribution in [0.4, 0.5) is 4.79 Å². The molecule has 1 amide bonds. The molecule has 2 aromatic carbocycles. The van der Waals surface area contributed by atoms with E-state index < -0.39 is 0 Å². The third-order valence-corrected chi connectivity index (χ3v) is 6.47. The summed E-state index contributed by atoms with van der Waals surface area (Å²) >= 11 is 0. The minimum Gasteiger partial charge on any atom is -0.444 e. The molecule has 1 atom stereocenters. The van der Waals surface area contributed by atoms with Gasteiger partial charge < -0.3 is 20.3 Å². The number of rotatable bonds is 9. The molecule has 2 N–H and O–H groups in total. The predicted molar refractivity (Wildman–Crippen MR) is 160 cm³/mol. The van der Waals surface area contributed by atoms with Crippen LogP contribution < -0.4 is 10.6 Å². The molecule has 38 heavy (non-hydrogen) atoms. The summed E-state index contributed by atoms with van der Waals surface area (Å²) in [6.45, 7) is 21.8. The van der Waals surface area contributed by atoms with Gasteiger partial charge in [-0.3, -0.25) is 0 Å². The van der Waals surface area contributed by atoms with Crippen molar-refractivity contribution in [3.05, 3.63) is 83.2 Å². The molecule has 0 aromatic heterocycles. The normalized spacial score (nSPS) is 15.4. The zero-order valence-corrected chi connectivity index (χ0v) is 24.9. The fourth-order valence-electron chi connectivity index (χ4n) is 4.15. The number of amides is 1. The molecule has 0 spiro atoms. The van der Waals surface area contributed by atoms with Crippen LogP contribution in [0.2, 0.25) is 0 Å². The number of hydrogen-bond acceptors (Lipinski definition) is 4. The second-order valence-electron chi connectivity index (χ2n) is 12.1. The average molecular weight is 522 g/mol. The molecule has 2 aromatic rings. The maximum Gasteiger partial charge on any atom is 0.410 e. The molecule has 3 rings (SSSR count). The molecule has 0 radical (unpaired) electrons. The minimum absolute atomic E-state index is 0.163. The summed E-state index contributed by atoms with van der Waals surface area (Å²) in [6.07, 6.45) is 4.57.